The van der Waals surface area contributed by atoms with Crippen molar-refractivity contribution < 1.29 is 9.53 Å². The number of ether oxygens (including phenoxy) is 1. The fourth-order valence-corrected chi connectivity index (χ4v) is 4.61. The molecule has 3 aromatic heterocycles. The first-order valence-electron chi connectivity index (χ1n) is 10.2. The van der Waals surface area contributed by atoms with Crippen molar-refractivity contribution in [2.24, 2.45) is 0 Å². The van der Waals surface area contributed by atoms with Crippen LogP contribution in [-0.4, -0.2) is 20.5 Å². The predicted octanol–water partition coefficient (Wildman–Crippen LogP) is 4.64. The topological polar surface area (TPSA) is 101 Å². The number of hydrogen-bond donors (Lipinski definition) is 1. The molecule has 1 atom stereocenters. The highest BCUT2D eigenvalue weighted by molar-refractivity contribution is 7.18. The summed E-state index contributed by atoms with van der Waals surface area (Å²) in [6.07, 6.45) is 1.73. The van der Waals surface area contributed by atoms with Crippen LogP contribution in [0.1, 0.15) is 59.6 Å². The van der Waals surface area contributed by atoms with Crippen molar-refractivity contribution in [2.45, 2.75) is 60.6 Å². The third-order valence-corrected chi connectivity index (χ3v) is 6.53. The fourth-order valence-electron chi connectivity index (χ4n) is 3.58. The average molecular weight is 439 g/mol. The van der Waals surface area contributed by atoms with Crippen LogP contribution in [0.15, 0.2) is 16.4 Å². The Hall–Kier alpha value is -3.18. The fraction of sp³-hybridized carbons (Fsp3) is 0.391. The molecule has 3 rings (SSSR count). The number of aromatic amines is 1. The first kappa shape index (κ1) is 22.5. The van der Waals surface area contributed by atoms with Gasteiger partial charge in [0.25, 0.3) is 5.56 Å². The number of carbonyl (C=O) groups excluding carboxylic acids is 1. The maximum Gasteiger partial charge on any atom is 0.349 e. The van der Waals surface area contributed by atoms with Gasteiger partial charge in [-0.3, -0.25) is 4.79 Å². The van der Waals surface area contributed by atoms with E-state index < -0.39 is 12.1 Å². The van der Waals surface area contributed by atoms with Crippen LogP contribution in [0.4, 0.5) is 0 Å². The van der Waals surface area contributed by atoms with Crippen LogP contribution in [0.2, 0.25) is 0 Å². The summed E-state index contributed by atoms with van der Waals surface area (Å²) in [5.41, 5.74) is 3.41. The lowest BCUT2D eigenvalue weighted by atomic mass is 10.1. The predicted molar refractivity (Wildman–Crippen MR) is 122 cm³/mol. The molecular formula is C23H26N4O3S. The number of esters is 1. The zero-order valence-electron chi connectivity index (χ0n) is 18.6. The summed E-state index contributed by atoms with van der Waals surface area (Å²) in [5.74, 6) is -0.498. The van der Waals surface area contributed by atoms with E-state index in [2.05, 4.69) is 21.5 Å². The second kappa shape index (κ2) is 8.90. The standard InChI is InChI=1S/C23H26N4O3S/c1-7-8-27-12(2)9-17(14(27)4)10-18(11-24)23(29)30-15(5)20-25-21(28)19-13(3)16(6)31-22(19)26-20/h9-10,15H,7-8H2,1-6H3,(H,25,26,28)/b18-10+. The lowest BCUT2D eigenvalue weighted by Crippen LogP contribution is -2.17. The van der Waals surface area contributed by atoms with Gasteiger partial charge in [0.05, 0.1) is 5.39 Å². The molecule has 0 radical (unpaired) electrons. The monoisotopic (exact) mass is 438 g/mol. The molecule has 0 saturated carbocycles. The summed E-state index contributed by atoms with van der Waals surface area (Å²) in [6.45, 7) is 12.4. The molecule has 3 heterocycles. The van der Waals surface area contributed by atoms with Gasteiger partial charge in [0.15, 0.2) is 11.9 Å². The number of aryl methyl sites for hydroxylation is 3. The largest absolute Gasteiger partial charge is 0.450 e. The van der Waals surface area contributed by atoms with E-state index in [9.17, 15) is 14.9 Å². The molecule has 0 aliphatic heterocycles. The van der Waals surface area contributed by atoms with E-state index in [-0.39, 0.29) is 17.0 Å². The summed E-state index contributed by atoms with van der Waals surface area (Å²) < 4.78 is 7.62. The smallest absolute Gasteiger partial charge is 0.349 e. The number of nitrogens with zero attached hydrogens (tertiary/aromatic N) is 3. The van der Waals surface area contributed by atoms with E-state index in [0.717, 1.165) is 40.4 Å². The summed E-state index contributed by atoms with van der Waals surface area (Å²) in [6, 6.07) is 3.89. The van der Waals surface area contributed by atoms with Crippen LogP contribution in [0, 0.1) is 39.0 Å². The van der Waals surface area contributed by atoms with Gasteiger partial charge < -0.3 is 14.3 Å². The molecule has 7 nitrogen and oxygen atoms in total. The Morgan fingerprint density at radius 2 is 2.10 bits per heavy atom. The average Bonchev–Trinajstić information content (AvgIpc) is 3.15. The van der Waals surface area contributed by atoms with E-state index in [4.69, 9.17) is 4.74 Å². The van der Waals surface area contributed by atoms with E-state index in [1.165, 1.54) is 11.3 Å². The summed E-state index contributed by atoms with van der Waals surface area (Å²) in [4.78, 5) is 33.9. The molecule has 0 fully saturated rings. The van der Waals surface area contributed by atoms with Gasteiger partial charge >= 0.3 is 5.97 Å². The first-order chi connectivity index (χ1) is 14.7. The van der Waals surface area contributed by atoms with Crippen LogP contribution in [0.25, 0.3) is 16.3 Å². The zero-order valence-corrected chi connectivity index (χ0v) is 19.4. The van der Waals surface area contributed by atoms with Crippen molar-refractivity contribution in [1.29, 1.82) is 5.26 Å². The van der Waals surface area contributed by atoms with Crippen molar-refractivity contribution in [3.05, 3.63) is 55.2 Å². The Morgan fingerprint density at radius 1 is 1.39 bits per heavy atom. The highest BCUT2D eigenvalue weighted by Gasteiger charge is 2.21. The van der Waals surface area contributed by atoms with Crippen molar-refractivity contribution in [1.82, 2.24) is 14.5 Å². The van der Waals surface area contributed by atoms with Crippen LogP contribution < -0.4 is 5.56 Å². The van der Waals surface area contributed by atoms with Crippen LogP contribution in [0.5, 0.6) is 0 Å². The second-order valence-electron chi connectivity index (χ2n) is 7.61. The number of carbonyl (C=O) groups is 1. The molecule has 0 spiro atoms. The first-order valence-corrected chi connectivity index (χ1v) is 11.0. The number of H-pyrrole nitrogens is 1. The molecule has 31 heavy (non-hydrogen) atoms. The molecule has 1 N–H and O–H groups in total. The minimum Gasteiger partial charge on any atom is -0.450 e. The Kier molecular flexibility index (Phi) is 6.46. The van der Waals surface area contributed by atoms with Gasteiger partial charge in [-0.25, -0.2) is 9.78 Å². The van der Waals surface area contributed by atoms with Gasteiger partial charge in [-0.2, -0.15) is 5.26 Å². The molecule has 8 heteroatoms. The van der Waals surface area contributed by atoms with Crippen molar-refractivity contribution in [3.63, 3.8) is 0 Å². The molecule has 0 bridgehead atoms. The van der Waals surface area contributed by atoms with E-state index in [1.54, 1.807) is 13.0 Å². The quantitative estimate of drug-likeness (QED) is 0.343. The van der Waals surface area contributed by atoms with Gasteiger partial charge in [-0.15, -0.1) is 11.3 Å². The number of nitriles is 1. The van der Waals surface area contributed by atoms with Crippen LogP contribution in [-0.2, 0) is 16.1 Å². The molecule has 0 saturated heterocycles. The Labute approximate surface area is 185 Å². The minimum atomic E-state index is -0.809. The van der Waals surface area contributed by atoms with Crippen LogP contribution in [0.3, 0.4) is 0 Å². The van der Waals surface area contributed by atoms with Crippen LogP contribution >= 0.6 is 11.3 Å². The van der Waals surface area contributed by atoms with Gasteiger partial charge in [-0.05, 0) is 64.3 Å². The van der Waals surface area contributed by atoms with Crippen molar-refractivity contribution >= 4 is 33.6 Å². The third kappa shape index (κ3) is 4.32. The van der Waals surface area contributed by atoms with E-state index in [0.29, 0.717) is 10.2 Å². The molecule has 162 valence electrons. The van der Waals surface area contributed by atoms with Gasteiger partial charge in [0.1, 0.15) is 16.5 Å². The normalized spacial score (nSPS) is 12.7. The Morgan fingerprint density at radius 3 is 2.74 bits per heavy atom. The molecule has 0 aliphatic carbocycles. The minimum absolute atomic E-state index is 0.102. The number of aromatic nitrogens is 3. The summed E-state index contributed by atoms with van der Waals surface area (Å²) in [7, 11) is 0. The number of rotatable bonds is 6. The highest BCUT2D eigenvalue weighted by Crippen LogP contribution is 2.27. The lowest BCUT2D eigenvalue weighted by Gasteiger charge is -2.12. The molecule has 0 aromatic carbocycles. The highest BCUT2D eigenvalue weighted by atomic mass is 32.1. The summed E-state index contributed by atoms with van der Waals surface area (Å²) >= 11 is 1.43. The Bertz CT molecular complexity index is 1290. The molecule has 3 aromatic rings. The zero-order chi connectivity index (χ0) is 22.9. The molecule has 0 aliphatic rings. The Balaban J connectivity index is 1.87. The number of nitrogens with one attached hydrogen (secondary N) is 1. The molecule has 1 unspecified atom stereocenters. The van der Waals surface area contributed by atoms with Crippen molar-refractivity contribution in [2.75, 3.05) is 0 Å². The number of hydrogen-bond acceptors (Lipinski definition) is 6. The van der Waals surface area contributed by atoms with E-state index >= 15 is 0 Å². The van der Waals surface area contributed by atoms with Crippen molar-refractivity contribution in [3.8, 4) is 6.07 Å². The third-order valence-electron chi connectivity index (χ3n) is 5.43. The molecule has 0 amide bonds. The second-order valence-corrected chi connectivity index (χ2v) is 8.81. The SMILES string of the molecule is CCCn1c(C)cc(/C=C(\C#N)C(=O)OC(C)c2nc3sc(C)c(C)c3c(=O)[nH]2)c1C. The maximum absolute atomic E-state index is 12.7. The summed E-state index contributed by atoms with van der Waals surface area (Å²) in [5, 5.41) is 10.1. The van der Waals surface area contributed by atoms with Gasteiger partial charge in [0, 0.05) is 22.8 Å². The van der Waals surface area contributed by atoms with Gasteiger partial charge in [0.2, 0.25) is 0 Å². The molecular weight excluding hydrogens is 412 g/mol. The number of thiophene rings is 1. The number of fused-ring (bicyclic) bond motifs is 1. The maximum atomic E-state index is 12.7. The van der Waals surface area contributed by atoms with Gasteiger partial charge in [-0.1, -0.05) is 6.92 Å². The lowest BCUT2D eigenvalue weighted by molar-refractivity contribution is -0.143. The van der Waals surface area contributed by atoms with E-state index in [1.807, 2.05) is 39.8 Å².